The number of esters is 1. The summed E-state index contributed by atoms with van der Waals surface area (Å²) in [5.74, 6) is -0.684. The number of aliphatic hydroxyl groups is 2. The molecule has 2 aliphatic rings. The molecule has 2 aromatic rings. The van der Waals surface area contributed by atoms with Crippen LogP contribution in [0, 0.1) is 16.7 Å². The van der Waals surface area contributed by atoms with Crippen LogP contribution in [0.5, 0.6) is 0 Å². The van der Waals surface area contributed by atoms with Crippen molar-refractivity contribution in [3.05, 3.63) is 113 Å². The average Bonchev–Trinajstić information content (AvgIpc) is 3.94. The molecule has 1 saturated heterocycles. The van der Waals surface area contributed by atoms with Gasteiger partial charge >= 0.3 is 5.97 Å². The van der Waals surface area contributed by atoms with E-state index in [2.05, 4.69) is 66.9 Å². The molecule has 11 unspecified atom stereocenters. The van der Waals surface area contributed by atoms with Gasteiger partial charge in [0.2, 0.25) is 0 Å². The van der Waals surface area contributed by atoms with Crippen molar-refractivity contribution in [2.75, 3.05) is 7.11 Å². The number of nitroso groups, excluding NO2 is 1. The third kappa shape index (κ3) is 12.0. The number of carbonyl (C=O) groups is 1. The lowest BCUT2D eigenvalue weighted by Crippen LogP contribution is -2.59. The van der Waals surface area contributed by atoms with E-state index in [0.717, 1.165) is 17.6 Å². The van der Waals surface area contributed by atoms with E-state index in [4.69, 9.17) is 14.2 Å². The number of hydrogen-bond acceptors (Lipinski definition) is 10. The molecule has 10 heteroatoms. The SMILES string of the molecule is CCC(OC)C(C)C1OC1C(NCc1ccccc1)C(C)(C=CC=C(C)C1OC(=O)CC(O)CCC(C)(O)C(N=O)C=CC1C)NCc1ccccc1. The van der Waals surface area contributed by atoms with Gasteiger partial charge in [0, 0.05) is 32.0 Å². The van der Waals surface area contributed by atoms with Gasteiger partial charge in [-0.15, -0.1) is 0 Å². The number of methoxy groups -OCH3 is 1. The van der Waals surface area contributed by atoms with E-state index < -0.39 is 35.4 Å². The van der Waals surface area contributed by atoms with Gasteiger partial charge in [-0.1, -0.05) is 117 Å². The Bertz CT molecular complexity index is 1530. The maximum Gasteiger partial charge on any atom is 0.309 e. The second-order valence-electron chi connectivity index (χ2n) is 15.3. The Morgan fingerprint density at radius 3 is 2.34 bits per heavy atom. The molecule has 4 N–H and O–H groups in total. The number of nitrogens with one attached hydrogen (secondary N) is 2. The molecule has 0 amide bonds. The first-order chi connectivity index (χ1) is 25.3. The van der Waals surface area contributed by atoms with E-state index in [1.807, 2.05) is 62.4 Å². The van der Waals surface area contributed by atoms with Crippen LogP contribution in [0.4, 0.5) is 0 Å². The van der Waals surface area contributed by atoms with Crippen LogP contribution in [-0.2, 0) is 32.1 Å². The summed E-state index contributed by atoms with van der Waals surface area (Å²) < 4.78 is 18.3. The highest BCUT2D eigenvalue weighted by Crippen LogP contribution is 2.39. The Morgan fingerprint density at radius 2 is 1.74 bits per heavy atom. The van der Waals surface area contributed by atoms with E-state index >= 15 is 0 Å². The Morgan fingerprint density at radius 1 is 1.09 bits per heavy atom. The first-order valence-corrected chi connectivity index (χ1v) is 19.0. The maximum atomic E-state index is 13.0. The van der Waals surface area contributed by atoms with Crippen molar-refractivity contribution >= 4 is 5.97 Å². The van der Waals surface area contributed by atoms with Crippen molar-refractivity contribution < 1.29 is 29.2 Å². The molecule has 53 heavy (non-hydrogen) atoms. The number of ether oxygens (including phenoxy) is 3. The minimum absolute atomic E-state index is 0.0146. The zero-order valence-corrected chi connectivity index (χ0v) is 32.5. The van der Waals surface area contributed by atoms with Gasteiger partial charge in [0.25, 0.3) is 0 Å². The van der Waals surface area contributed by atoms with Gasteiger partial charge in [0.1, 0.15) is 18.2 Å². The Kier molecular flexibility index (Phi) is 15.7. The Hall–Kier alpha value is -3.51. The molecule has 0 aromatic heterocycles. The molecule has 2 aromatic carbocycles. The molecular formula is C43H61N3O7. The third-order valence-electron chi connectivity index (χ3n) is 11.0. The van der Waals surface area contributed by atoms with Gasteiger partial charge in [-0.05, 0) is 56.7 Å². The average molecular weight is 732 g/mol. The first-order valence-electron chi connectivity index (χ1n) is 19.0. The summed E-state index contributed by atoms with van der Waals surface area (Å²) in [6.07, 6.45) is 8.64. The first kappa shape index (κ1) is 42.2. The minimum Gasteiger partial charge on any atom is -0.457 e. The third-order valence-corrected chi connectivity index (χ3v) is 11.0. The molecule has 1 fully saturated rings. The maximum absolute atomic E-state index is 13.0. The molecule has 0 radical (unpaired) electrons. The largest absolute Gasteiger partial charge is 0.457 e. The fraction of sp³-hybridized carbons (Fsp3) is 0.558. The zero-order valence-electron chi connectivity index (χ0n) is 32.5. The number of cyclic esters (lactones) is 1. The molecule has 10 nitrogen and oxygen atoms in total. The molecule has 0 bridgehead atoms. The molecule has 2 aliphatic heterocycles. The minimum atomic E-state index is -1.46. The van der Waals surface area contributed by atoms with Crippen LogP contribution in [0.25, 0.3) is 0 Å². The Labute approximate surface area is 316 Å². The highest BCUT2D eigenvalue weighted by molar-refractivity contribution is 5.70. The van der Waals surface area contributed by atoms with Crippen LogP contribution in [0.15, 0.2) is 102 Å². The quantitative estimate of drug-likeness (QED) is 0.0497. The summed E-state index contributed by atoms with van der Waals surface area (Å²) >= 11 is 0. The van der Waals surface area contributed by atoms with Gasteiger partial charge in [-0.25, -0.2) is 0 Å². The number of allylic oxidation sites excluding steroid dienone is 2. The number of benzene rings is 2. The van der Waals surface area contributed by atoms with Gasteiger partial charge in [0.15, 0.2) is 0 Å². The molecule has 290 valence electrons. The molecule has 0 spiro atoms. The fourth-order valence-electron chi connectivity index (χ4n) is 7.38. The van der Waals surface area contributed by atoms with E-state index in [1.54, 1.807) is 19.3 Å². The monoisotopic (exact) mass is 731 g/mol. The van der Waals surface area contributed by atoms with Crippen LogP contribution >= 0.6 is 0 Å². The topological polar surface area (TPSA) is 142 Å². The normalized spacial score (nSPS) is 30.0. The number of nitrogens with zero attached hydrogens (tertiary/aromatic N) is 1. The molecule has 11 atom stereocenters. The van der Waals surface area contributed by atoms with Gasteiger partial charge in [-0.2, -0.15) is 4.91 Å². The Balaban J connectivity index is 1.68. The summed E-state index contributed by atoms with van der Waals surface area (Å²) in [7, 11) is 1.76. The number of aliphatic hydroxyl groups excluding tert-OH is 1. The van der Waals surface area contributed by atoms with Crippen molar-refractivity contribution in [3.63, 3.8) is 0 Å². The molecule has 2 heterocycles. The lowest BCUT2D eigenvalue weighted by atomic mass is 9.84. The lowest BCUT2D eigenvalue weighted by Gasteiger charge is -2.37. The van der Waals surface area contributed by atoms with Crippen molar-refractivity contribution in [2.45, 2.75) is 134 Å². The second-order valence-corrected chi connectivity index (χ2v) is 15.3. The van der Waals surface area contributed by atoms with Crippen molar-refractivity contribution in [2.24, 2.45) is 17.0 Å². The molecular weight excluding hydrogens is 670 g/mol. The van der Waals surface area contributed by atoms with Crippen LogP contribution in [0.1, 0.15) is 78.4 Å². The van der Waals surface area contributed by atoms with E-state index in [-0.39, 0.29) is 55.5 Å². The predicted molar refractivity (Wildman–Crippen MR) is 209 cm³/mol. The fourth-order valence-corrected chi connectivity index (χ4v) is 7.38. The van der Waals surface area contributed by atoms with Crippen LogP contribution in [0.3, 0.4) is 0 Å². The lowest BCUT2D eigenvalue weighted by molar-refractivity contribution is -0.151. The molecule has 0 saturated carbocycles. The summed E-state index contributed by atoms with van der Waals surface area (Å²) in [5, 5.41) is 32.3. The van der Waals surface area contributed by atoms with E-state index in [1.165, 1.54) is 12.5 Å². The van der Waals surface area contributed by atoms with E-state index in [9.17, 15) is 19.9 Å². The zero-order chi connectivity index (χ0) is 38.6. The number of rotatable bonds is 16. The molecule has 4 rings (SSSR count). The highest BCUT2D eigenvalue weighted by Gasteiger charge is 2.54. The number of carbonyl (C=O) groups excluding carboxylic acids is 1. The number of epoxide rings is 1. The van der Waals surface area contributed by atoms with Gasteiger partial charge < -0.3 is 35.1 Å². The second kappa shape index (κ2) is 19.7. The van der Waals surface area contributed by atoms with Crippen molar-refractivity contribution in [1.82, 2.24) is 10.6 Å². The highest BCUT2D eigenvalue weighted by atomic mass is 16.6. The number of hydrogen-bond donors (Lipinski definition) is 4. The smallest absolute Gasteiger partial charge is 0.309 e. The van der Waals surface area contributed by atoms with Crippen LogP contribution in [-0.4, -0.2) is 77.0 Å². The summed E-state index contributed by atoms with van der Waals surface area (Å²) in [5.41, 5.74) is 1.03. The van der Waals surface area contributed by atoms with Gasteiger partial charge in [0.05, 0.1) is 41.9 Å². The van der Waals surface area contributed by atoms with Crippen molar-refractivity contribution in [1.29, 1.82) is 0 Å². The van der Waals surface area contributed by atoms with Gasteiger partial charge in [-0.3, -0.25) is 4.79 Å². The predicted octanol–water partition coefficient (Wildman–Crippen LogP) is 6.56. The summed E-state index contributed by atoms with van der Waals surface area (Å²) in [4.78, 5) is 24.7. The molecule has 0 aliphatic carbocycles. The van der Waals surface area contributed by atoms with E-state index in [0.29, 0.717) is 13.1 Å². The standard InChI is InChI=1S/C43H61N3O7/c1-8-35(51-7)31(4)39-40(53-39)41(44-27-32-17-11-9-12-18-32)42(5,45-28-33-19-13-10-14-20-33)24-15-16-29(2)38-30(3)21-22-36(46-50)43(6,49)25-23-34(47)26-37(48)52-38/h9-22,24,30-31,34-36,38-41,44-45,47,49H,8,23,25-28H2,1-7H3. The summed E-state index contributed by atoms with van der Waals surface area (Å²) in [6.45, 7) is 13.1. The van der Waals surface area contributed by atoms with Crippen LogP contribution < -0.4 is 10.6 Å². The van der Waals surface area contributed by atoms with Crippen LogP contribution in [0.2, 0.25) is 0 Å². The summed E-state index contributed by atoms with van der Waals surface area (Å²) in [6, 6.07) is 19.4. The van der Waals surface area contributed by atoms with Crippen molar-refractivity contribution in [3.8, 4) is 0 Å².